The van der Waals surface area contributed by atoms with Gasteiger partial charge in [0, 0.05) is 11.5 Å². The summed E-state index contributed by atoms with van der Waals surface area (Å²) in [6, 6.07) is 7.31. The van der Waals surface area contributed by atoms with Crippen molar-refractivity contribution in [3.8, 4) is 0 Å². The monoisotopic (exact) mass is 192 g/mol. The van der Waals surface area contributed by atoms with Crippen LogP contribution in [0.4, 0.5) is 4.39 Å². The molecule has 0 saturated heterocycles. The first-order chi connectivity index (χ1) is 6.83. The predicted octanol–water partition coefficient (Wildman–Crippen LogP) is 3.10. The van der Waals surface area contributed by atoms with Crippen LogP contribution in [0.1, 0.15) is 41.1 Å². The molecule has 74 valence electrons. The van der Waals surface area contributed by atoms with Gasteiger partial charge < -0.3 is 0 Å². The van der Waals surface area contributed by atoms with Crippen LogP contribution in [0.15, 0.2) is 24.3 Å². The zero-order valence-corrected chi connectivity index (χ0v) is 7.95. The number of hydrogen-bond acceptors (Lipinski definition) is 1. The highest BCUT2D eigenvalue weighted by molar-refractivity contribution is 5.77. The smallest absolute Gasteiger partial charge is 0.150 e. The summed E-state index contributed by atoms with van der Waals surface area (Å²) in [7, 11) is 0. The van der Waals surface area contributed by atoms with E-state index in [1.54, 1.807) is 6.07 Å². The lowest BCUT2D eigenvalue weighted by Gasteiger charge is -2.14. The maximum Gasteiger partial charge on any atom is 0.150 e. The normalized spacial score (nSPS) is 26.4. The van der Waals surface area contributed by atoms with Crippen LogP contribution in [0, 0.1) is 0 Å². The average Bonchev–Trinajstić information content (AvgIpc) is 2.64. The molecular weight excluding hydrogens is 179 g/mol. The van der Waals surface area contributed by atoms with Crippen LogP contribution in [0.5, 0.6) is 0 Å². The van der Waals surface area contributed by atoms with Crippen LogP contribution in [0.25, 0.3) is 0 Å². The van der Waals surface area contributed by atoms with Gasteiger partial charge in [0.25, 0.3) is 0 Å². The number of rotatable bonds is 2. The van der Waals surface area contributed by atoms with Gasteiger partial charge in [-0.25, -0.2) is 4.39 Å². The van der Waals surface area contributed by atoms with Gasteiger partial charge in [0.15, 0.2) is 0 Å². The van der Waals surface area contributed by atoms with Gasteiger partial charge >= 0.3 is 0 Å². The molecule has 2 unspecified atom stereocenters. The van der Waals surface area contributed by atoms with Crippen molar-refractivity contribution < 1.29 is 9.18 Å². The third-order valence-corrected chi connectivity index (χ3v) is 2.95. The molecule has 2 atom stereocenters. The van der Waals surface area contributed by atoms with E-state index in [0.717, 1.165) is 24.7 Å². The Bertz CT molecular complexity index is 335. The summed E-state index contributed by atoms with van der Waals surface area (Å²) >= 11 is 0. The van der Waals surface area contributed by atoms with Crippen molar-refractivity contribution in [2.24, 2.45) is 0 Å². The summed E-state index contributed by atoms with van der Waals surface area (Å²) in [5.74, 6) is -0.0589. The van der Waals surface area contributed by atoms with Crippen LogP contribution in [-0.4, -0.2) is 12.5 Å². The zero-order chi connectivity index (χ0) is 9.97. The lowest BCUT2D eigenvalue weighted by Crippen LogP contribution is -2.08. The number of carbonyl (C=O) groups is 1. The number of hydrogen-bond donors (Lipinski definition) is 0. The molecule has 2 heteroatoms. The van der Waals surface area contributed by atoms with Gasteiger partial charge in [-0.3, -0.25) is 4.79 Å². The first kappa shape index (κ1) is 9.38. The van der Waals surface area contributed by atoms with Crippen LogP contribution in [0.3, 0.4) is 0 Å². The highest BCUT2D eigenvalue weighted by Crippen LogP contribution is 2.37. The molecule has 1 aliphatic rings. The number of alkyl halides is 1. The van der Waals surface area contributed by atoms with E-state index in [1.807, 2.05) is 18.2 Å². The van der Waals surface area contributed by atoms with Gasteiger partial charge in [-0.15, -0.1) is 0 Å². The van der Waals surface area contributed by atoms with Crippen molar-refractivity contribution >= 4 is 6.29 Å². The number of carbonyl (C=O) groups excluding carboxylic acids is 1. The summed E-state index contributed by atoms with van der Waals surface area (Å²) in [6.45, 7) is 0. The highest BCUT2D eigenvalue weighted by atomic mass is 19.1. The topological polar surface area (TPSA) is 17.1 Å². The van der Waals surface area contributed by atoms with E-state index in [-0.39, 0.29) is 5.92 Å². The van der Waals surface area contributed by atoms with Gasteiger partial charge in [0.05, 0.1) is 0 Å². The molecule has 1 aromatic carbocycles. The van der Waals surface area contributed by atoms with Crippen molar-refractivity contribution in [3.63, 3.8) is 0 Å². The van der Waals surface area contributed by atoms with Crippen molar-refractivity contribution in [3.05, 3.63) is 35.4 Å². The van der Waals surface area contributed by atoms with Crippen LogP contribution in [-0.2, 0) is 0 Å². The fourth-order valence-electron chi connectivity index (χ4n) is 2.22. The second kappa shape index (κ2) is 3.91. The fourth-order valence-corrected chi connectivity index (χ4v) is 2.22. The summed E-state index contributed by atoms with van der Waals surface area (Å²) in [5.41, 5.74) is 1.52. The van der Waals surface area contributed by atoms with E-state index in [1.165, 1.54) is 0 Å². The molecule has 1 aromatic rings. The van der Waals surface area contributed by atoms with E-state index in [2.05, 4.69) is 0 Å². The Hall–Kier alpha value is -1.18. The minimum absolute atomic E-state index is 0.0589. The van der Waals surface area contributed by atoms with E-state index in [9.17, 15) is 9.18 Å². The predicted molar refractivity (Wildman–Crippen MR) is 53.3 cm³/mol. The van der Waals surface area contributed by atoms with E-state index >= 15 is 0 Å². The lowest BCUT2D eigenvalue weighted by molar-refractivity contribution is 0.112. The molecule has 1 saturated carbocycles. The lowest BCUT2D eigenvalue weighted by atomic mass is 9.92. The number of benzene rings is 1. The first-order valence-electron chi connectivity index (χ1n) is 5.01. The van der Waals surface area contributed by atoms with Crippen molar-refractivity contribution in [1.29, 1.82) is 0 Å². The maximum atomic E-state index is 13.5. The molecule has 14 heavy (non-hydrogen) atoms. The first-order valence-corrected chi connectivity index (χ1v) is 5.01. The van der Waals surface area contributed by atoms with Gasteiger partial charge in [-0.05, 0) is 24.8 Å². The van der Waals surface area contributed by atoms with Gasteiger partial charge in [-0.1, -0.05) is 24.3 Å². The molecule has 0 aromatic heterocycles. The average molecular weight is 192 g/mol. The molecule has 2 rings (SSSR count). The Labute approximate surface area is 82.9 Å². The van der Waals surface area contributed by atoms with E-state index in [4.69, 9.17) is 0 Å². The number of aldehydes is 1. The Kier molecular flexibility index (Phi) is 2.62. The molecule has 1 nitrogen and oxygen atoms in total. The minimum Gasteiger partial charge on any atom is -0.298 e. The largest absolute Gasteiger partial charge is 0.298 e. The van der Waals surface area contributed by atoms with Crippen LogP contribution >= 0.6 is 0 Å². The molecule has 0 radical (unpaired) electrons. The quantitative estimate of drug-likeness (QED) is 0.658. The molecule has 0 heterocycles. The molecule has 0 amide bonds. The Morgan fingerprint density at radius 3 is 2.71 bits per heavy atom. The Morgan fingerprint density at radius 1 is 1.29 bits per heavy atom. The molecule has 0 N–H and O–H groups in total. The molecule has 0 aliphatic heterocycles. The van der Waals surface area contributed by atoms with Crippen LogP contribution in [0.2, 0.25) is 0 Å². The van der Waals surface area contributed by atoms with Crippen molar-refractivity contribution in [2.45, 2.75) is 31.4 Å². The zero-order valence-electron chi connectivity index (χ0n) is 7.95. The molecule has 1 fully saturated rings. The maximum absolute atomic E-state index is 13.5. The van der Waals surface area contributed by atoms with E-state index < -0.39 is 6.17 Å². The van der Waals surface area contributed by atoms with E-state index in [0.29, 0.717) is 12.0 Å². The molecule has 0 spiro atoms. The summed E-state index contributed by atoms with van der Waals surface area (Å²) in [6.07, 6.45) is 2.49. The van der Waals surface area contributed by atoms with Gasteiger partial charge in [-0.2, -0.15) is 0 Å². The Balaban J connectivity index is 2.34. The number of halogens is 1. The van der Waals surface area contributed by atoms with Crippen LogP contribution < -0.4 is 0 Å². The summed E-state index contributed by atoms with van der Waals surface area (Å²) < 4.78 is 13.5. The third-order valence-electron chi connectivity index (χ3n) is 2.95. The standard InChI is InChI=1S/C12H13FO/c13-12-7-3-6-11(12)10-5-2-1-4-9(10)8-14/h1-2,4-5,8,11-12H,3,6-7H2. The highest BCUT2D eigenvalue weighted by Gasteiger charge is 2.29. The third kappa shape index (κ3) is 1.57. The van der Waals surface area contributed by atoms with Crippen molar-refractivity contribution in [1.82, 2.24) is 0 Å². The summed E-state index contributed by atoms with van der Waals surface area (Å²) in [4.78, 5) is 10.8. The molecular formula is C12H13FO. The molecule has 0 bridgehead atoms. The van der Waals surface area contributed by atoms with Crippen molar-refractivity contribution in [2.75, 3.05) is 0 Å². The van der Waals surface area contributed by atoms with Gasteiger partial charge in [0.1, 0.15) is 12.5 Å². The minimum atomic E-state index is -0.768. The summed E-state index contributed by atoms with van der Waals surface area (Å²) in [5, 5.41) is 0. The SMILES string of the molecule is O=Cc1ccccc1C1CCCC1F. The fraction of sp³-hybridized carbons (Fsp3) is 0.417. The molecule has 1 aliphatic carbocycles. The van der Waals surface area contributed by atoms with Gasteiger partial charge in [0.2, 0.25) is 0 Å². The second-order valence-electron chi connectivity index (χ2n) is 3.80. The Morgan fingerprint density at radius 2 is 2.07 bits per heavy atom. The second-order valence-corrected chi connectivity index (χ2v) is 3.80.